The number of hydrogen-bond acceptors (Lipinski definition) is 3. The van der Waals surface area contributed by atoms with Gasteiger partial charge in [0.2, 0.25) is 0 Å². The molecule has 0 radical (unpaired) electrons. The third-order valence-electron chi connectivity index (χ3n) is 3.07. The highest BCUT2D eigenvalue weighted by Crippen LogP contribution is 2.25. The number of rotatable bonds is 5. The first-order valence-corrected chi connectivity index (χ1v) is 6.78. The lowest BCUT2D eigenvalue weighted by Crippen LogP contribution is -2.30. The van der Waals surface area contributed by atoms with Crippen molar-refractivity contribution < 1.29 is 8.81 Å². The van der Waals surface area contributed by atoms with Crippen LogP contribution in [0.1, 0.15) is 17.4 Å². The van der Waals surface area contributed by atoms with Gasteiger partial charge < -0.3 is 10.2 Å². The van der Waals surface area contributed by atoms with Gasteiger partial charge >= 0.3 is 0 Å². The van der Waals surface area contributed by atoms with Crippen LogP contribution in [0.3, 0.4) is 0 Å². The minimum atomic E-state index is -0.270. The Labute approximate surface area is 120 Å². The van der Waals surface area contributed by atoms with Gasteiger partial charge in [0, 0.05) is 12.6 Å². The van der Waals surface area contributed by atoms with Gasteiger partial charge in [0.15, 0.2) is 0 Å². The lowest BCUT2D eigenvalue weighted by molar-refractivity contribution is 0.223. The molecule has 1 atom stereocenters. The second-order valence-corrected chi connectivity index (χ2v) is 5.27. The molecule has 5 heteroatoms. The van der Waals surface area contributed by atoms with Crippen LogP contribution in [0.2, 0.25) is 0 Å². The van der Waals surface area contributed by atoms with E-state index >= 15 is 0 Å². The molecule has 0 aliphatic carbocycles. The van der Waals surface area contributed by atoms with Crippen molar-refractivity contribution in [3.8, 4) is 0 Å². The van der Waals surface area contributed by atoms with Gasteiger partial charge in [0.25, 0.3) is 0 Å². The molecule has 1 heterocycles. The summed E-state index contributed by atoms with van der Waals surface area (Å²) in [6.07, 6.45) is 1.65. The second-order valence-electron chi connectivity index (χ2n) is 4.42. The van der Waals surface area contributed by atoms with Crippen LogP contribution >= 0.6 is 15.9 Å². The van der Waals surface area contributed by atoms with Crippen LogP contribution in [0.5, 0.6) is 0 Å². The molecule has 0 aliphatic rings. The Bertz CT molecular complexity index is 530. The van der Waals surface area contributed by atoms with Crippen molar-refractivity contribution in [3.63, 3.8) is 0 Å². The molecule has 3 nitrogen and oxygen atoms in total. The number of likely N-dealkylation sites (N-methyl/N-ethyl adjacent to an activating group) is 1. The molecule has 0 fully saturated rings. The quantitative estimate of drug-likeness (QED) is 0.916. The minimum Gasteiger partial charge on any atom is -0.468 e. The maximum Gasteiger partial charge on any atom is 0.137 e. The van der Waals surface area contributed by atoms with Crippen molar-refractivity contribution in [1.82, 2.24) is 4.90 Å². The molecule has 1 aromatic carbocycles. The van der Waals surface area contributed by atoms with Crippen LogP contribution in [0, 0.1) is 5.82 Å². The van der Waals surface area contributed by atoms with E-state index in [0.29, 0.717) is 17.6 Å². The third kappa shape index (κ3) is 3.43. The molecular weight excluding hydrogens is 311 g/mol. The van der Waals surface area contributed by atoms with E-state index < -0.39 is 0 Å². The van der Waals surface area contributed by atoms with Gasteiger partial charge in [0.05, 0.1) is 17.3 Å². The Morgan fingerprint density at radius 1 is 1.42 bits per heavy atom. The monoisotopic (exact) mass is 326 g/mol. The van der Waals surface area contributed by atoms with Crippen LogP contribution in [-0.2, 0) is 6.54 Å². The molecule has 0 spiro atoms. The van der Waals surface area contributed by atoms with E-state index in [0.717, 1.165) is 11.3 Å². The maximum absolute atomic E-state index is 13.3. The molecule has 0 amide bonds. The highest BCUT2D eigenvalue weighted by atomic mass is 79.9. The van der Waals surface area contributed by atoms with E-state index in [4.69, 9.17) is 10.2 Å². The van der Waals surface area contributed by atoms with Crippen LogP contribution < -0.4 is 5.73 Å². The zero-order valence-electron chi connectivity index (χ0n) is 10.6. The Kier molecular flexibility index (Phi) is 4.74. The summed E-state index contributed by atoms with van der Waals surface area (Å²) in [4.78, 5) is 2.08. The first kappa shape index (κ1) is 14.2. The molecule has 0 bridgehead atoms. The Morgan fingerprint density at radius 3 is 2.79 bits per heavy atom. The molecule has 0 aliphatic heterocycles. The minimum absolute atomic E-state index is 0.0157. The van der Waals surface area contributed by atoms with Crippen LogP contribution in [0.15, 0.2) is 45.5 Å². The van der Waals surface area contributed by atoms with Crippen LogP contribution in [-0.4, -0.2) is 18.5 Å². The summed E-state index contributed by atoms with van der Waals surface area (Å²) in [5.74, 6) is 0.607. The van der Waals surface area contributed by atoms with Crippen molar-refractivity contribution in [2.45, 2.75) is 12.6 Å². The van der Waals surface area contributed by atoms with Crippen molar-refractivity contribution in [2.24, 2.45) is 5.73 Å². The molecule has 0 saturated carbocycles. The summed E-state index contributed by atoms with van der Waals surface area (Å²) in [6, 6.07) is 8.77. The van der Waals surface area contributed by atoms with E-state index in [9.17, 15) is 4.39 Å². The summed E-state index contributed by atoms with van der Waals surface area (Å²) in [7, 11) is 1.97. The largest absolute Gasteiger partial charge is 0.468 e. The number of nitrogens with zero attached hydrogens (tertiary/aromatic N) is 1. The van der Waals surface area contributed by atoms with E-state index in [1.165, 1.54) is 6.07 Å². The zero-order chi connectivity index (χ0) is 13.8. The van der Waals surface area contributed by atoms with E-state index in [1.54, 1.807) is 18.4 Å². The van der Waals surface area contributed by atoms with Gasteiger partial charge in [-0.25, -0.2) is 4.39 Å². The average Bonchev–Trinajstić information content (AvgIpc) is 2.87. The van der Waals surface area contributed by atoms with E-state index in [1.807, 2.05) is 19.2 Å². The first-order chi connectivity index (χ1) is 9.11. The standard InChI is InChI=1S/C14H16BrFN2O/c1-18(9-11-3-2-6-19-11)14(8-17)10-4-5-13(16)12(15)7-10/h2-7,14H,8-9,17H2,1H3. The fraction of sp³-hybridized carbons (Fsp3) is 0.286. The predicted octanol–water partition coefficient (Wildman–Crippen LogP) is 3.31. The van der Waals surface area contributed by atoms with E-state index in [2.05, 4.69) is 20.8 Å². The molecular formula is C14H16BrFN2O. The second kappa shape index (κ2) is 6.32. The van der Waals surface area contributed by atoms with Crippen molar-refractivity contribution >= 4 is 15.9 Å². The number of nitrogens with two attached hydrogens (primary N) is 1. The normalized spacial score (nSPS) is 12.9. The maximum atomic E-state index is 13.3. The van der Waals surface area contributed by atoms with Crippen LogP contribution in [0.25, 0.3) is 0 Å². The molecule has 1 aromatic heterocycles. The fourth-order valence-corrected chi connectivity index (χ4v) is 2.45. The summed E-state index contributed by atoms with van der Waals surface area (Å²) in [5, 5.41) is 0. The number of halogens is 2. The highest BCUT2D eigenvalue weighted by Gasteiger charge is 2.17. The number of hydrogen-bond donors (Lipinski definition) is 1. The average molecular weight is 327 g/mol. The Hall–Kier alpha value is -1.17. The Morgan fingerprint density at radius 2 is 2.21 bits per heavy atom. The first-order valence-electron chi connectivity index (χ1n) is 5.99. The summed E-state index contributed by atoms with van der Waals surface area (Å²) >= 11 is 3.20. The smallest absolute Gasteiger partial charge is 0.137 e. The van der Waals surface area contributed by atoms with Crippen molar-refractivity contribution in [3.05, 3.63) is 58.2 Å². The van der Waals surface area contributed by atoms with Gasteiger partial charge in [-0.3, -0.25) is 4.90 Å². The number of benzene rings is 1. The Balaban J connectivity index is 2.16. The lowest BCUT2D eigenvalue weighted by Gasteiger charge is -2.26. The lowest BCUT2D eigenvalue weighted by atomic mass is 10.1. The molecule has 2 aromatic rings. The number of furan rings is 1. The van der Waals surface area contributed by atoms with Gasteiger partial charge in [-0.2, -0.15) is 0 Å². The topological polar surface area (TPSA) is 42.4 Å². The van der Waals surface area contributed by atoms with Crippen molar-refractivity contribution in [1.29, 1.82) is 0 Å². The van der Waals surface area contributed by atoms with Gasteiger partial charge in [-0.05, 0) is 52.8 Å². The predicted molar refractivity (Wildman–Crippen MR) is 76.1 cm³/mol. The fourth-order valence-electron chi connectivity index (χ4n) is 2.05. The zero-order valence-corrected chi connectivity index (χ0v) is 12.2. The van der Waals surface area contributed by atoms with Gasteiger partial charge in [-0.15, -0.1) is 0 Å². The molecule has 2 N–H and O–H groups in total. The molecule has 0 saturated heterocycles. The summed E-state index contributed by atoms with van der Waals surface area (Å²) < 4.78 is 19.0. The SMILES string of the molecule is CN(Cc1ccco1)C(CN)c1ccc(F)c(Br)c1. The van der Waals surface area contributed by atoms with E-state index in [-0.39, 0.29) is 11.9 Å². The molecule has 1 unspecified atom stereocenters. The van der Waals surface area contributed by atoms with Gasteiger partial charge in [-0.1, -0.05) is 6.07 Å². The molecule has 19 heavy (non-hydrogen) atoms. The highest BCUT2D eigenvalue weighted by molar-refractivity contribution is 9.10. The summed E-state index contributed by atoms with van der Waals surface area (Å²) in [6.45, 7) is 1.11. The van der Waals surface area contributed by atoms with Gasteiger partial charge in [0.1, 0.15) is 11.6 Å². The summed E-state index contributed by atoms with van der Waals surface area (Å²) in [5.41, 5.74) is 6.82. The van der Waals surface area contributed by atoms with Crippen molar-refractivity contribution in [2.75, 3.05) is 13.6 Å². The van der Waals surface area contributed by atoms with Crippen LogP contribution in [0.4, 0.5) is 4.39 Å². The molecule has 102 valence electrons. The molecule has 2 rings (SSSR count). The third-order valence-corrected chi connectivity index (χ3v) is 3.68.